The van der Waals surface area contributed by atoms with Crippen molar-refractivity contribution in [1.82, 2.24) is 15.1 Å². The SMILES string of the molecule is Cc1ccc(C(=O)N2CCC([C@@H](NC(=O)c3cccs3)C(=O)N3CCCC[C@@H]3C)CC2)cc1. The summed E-state index contributed by atoms with van der Waals surface area (Å²) in [6.45, 7) is 6.02. The summed E-state index contributed by atoms with van der Waals surface area (Å²) in [4.78, 5) is 43.9. The highest BCUT2D eigenvalue weighted by Gasteiger charge is 2.38. The van der Waals surface area contributed by atoms with Crippen molar-refractivity contribution in [2.24, 2.45) is 5.92 Å². The van der Waals surface area contributed by atoms with Gasteiger partial charge in [-0.15, -0.1) is 11.3 Å². The van der Waals surface area contributed by atoms with Gasteiger partial charge in [-0.05, 0) is 75.4 Å². The second kappa shape index (κ2) is 10.5. The average molecular weight is 468 g/mol. The van der Waals surface area contributed by atoms with Crippen LogP contribution in [0.1, 0.15) is 64.6 Å². The van der Waals surface area contributed by atoms with E-state index in [9.17, 15) is 14.4 Å². The van der Waals surface area contributed by atoms with Gasteiger partial charge in [0.2, 0.25) is 5.91 Å². The van der Waals surface area contributed by atoms with Gasteiger partial charge in [-0.25, -0.2) is 0 Å². The number of piperidine rings is 2. The highest BCUT2D eigenvalue weighted by atomic mass is 32.1. The smallest absolute Gasteiger partial charge is 0.262 e. The van der Waals surface area contributed by atoms with Crippen LogP contribution in [-0.4, -0.2) is 59.2 Å². The van der Waals surface area contributed by atoms with Gasteiger partial charge < -0.3 is 15.1 Å². The summed E-state index contributed by atoms with van der Waals surface area (Å²) in [6.07, 6.45) is 4.53. The van der Waals surface area contributed by atoms with Crippen LogP contribution in [0, 0.1) is 12.8 Å². The van der Waals surface area contributed by atoms with Crippen molar-refractivity contribution < 1.29 is 14.4 Å². The molecule has 1 aromatic carbocycles. The van der Waals surface area contributed by atoms with E-state index in [-0.39, 0.29) is 29.7 Å². The zero-order valence-corrected chi connectivity index (χ0v) is 20.3. The summed E-state index contributed by atoms with van der Waals surface area (Å²) in [6, 6.07) is 10.9. The Morgan fingerprint density at radius 3 is 2.36 bits per heavy atom. The Kier molecular flexibility index (Phi) is 7.48. The molecule has 0 spiro atoms. The first-order valence-corrected chi connectivity index (χ1v) is 12.8. The molecular weight excluding hydrogens is 434 g/mol. The second-order valence-corrected chi connectivity index (χ2v) is 10.2. The third-order valence-electron chi connectivity index (χ3n) is 6.98. The predicted molar refractivity (Wildman–Crippen MR) is 130 cm³/mol. The lowest BCUT2D eigenvalue weighted by Gasteiger charge is -2.40. The van der Waals surface area contributed by atoms with E-state index >= 15 is 0 Å². The molecule has 7 heteroatoms. The van der Waals surface area contributed by atoms with Crippen LogP contribution in [-0.2, 0) is 4.79 Å². The summed E-state index contributed by atoms with van der Waals surface area (Å²) >= 11 is 1.38. The first kappa shape index (κ1) is 23.5. The molecule has 2 aliphatic heterocycles. The Morgan fingerprint density at radius 1 is 1.00 bits per heavy atom. The maximum absolute atomic E-state index is 13.6. The van der Waals surface area contributed by atoms with Crippen molar-refractivity contribution in [2.45, 2.75) is 58.0 Å². The highest BCUT2D eigenvalue weighted by molar-refractivity contribution is 7.12. The van der Waals surface area contributed by atoms with Gasteiger partial charge in [0, 0.05) is 31.2 Å². The topological polar surface area (TPSA) is 69.7 Å². The van der Waals surface area contributed by atoms with Crippen LogP contribution in [0.5, 0.6) is 0 Å². The second-order valence-electron chi connectivity index (χ2n) is 9.30. The lowest BCUT2D eigenvalue weighted by molar-refractivity contribution is -0.138. The molecule has 0 saturated carbocycles. The molecular formula is C26H33N3O3S. The van der Waals surface area contributed by atoms with Crippen LogP contribution in [0.2, 0.25) is 0 Å². The zero-order chi connectivity index (χ0) is 23.4. The molecule has 6 nitrogen and oxygen atoms in total. The van der Waals surface area contributed by atoms with Crippen molar-refractivity contribution in [1.29, 1.82) is 0 Å². The van der Waals surface area contributed by atoms with Gasteiger partial charge in [0.05, 0.1) is 4.88 Å². The van der Waals surface area contributed by atoms with E-state index in [4.69, 9.17) is 0 Å². The van der Waals surface area contributed by atoms with Crippen LogP contribution in [0.3, 0.4) is 0 Å². The summed E-state index contributed by atoms with van der Waals surface area (Å²) in [5.74, 6) is -0.122. The molecule has 0 unspecified atom stereocenters. The average Bonchev–Trinajstić information content (AvgIpc) is 3.38. The molecule has 4 rings (SSSR count). The van der Waals surface area contributed by atoms with E-state index in [0.717, 1.165) is 31.4 Å². The number of carbonyl (C=O) groups is 3. The van der Waals surface area contributed by atoms with E-state index in [0.29, 0.717) is 36.4 Å². The summed E-state index contributed by atoms with van der Waals surface area (Å²) < 4.78 is 0. The Morgan fingerprint density at radius 2 is 1.73 bits per heavy atom. The summed E-state index contributed by atoms with van der Waals surface area (Å²) in [5.41, 5.74) is 1.82. The molecule has 0 aliphatic carbocycles. The maximum Gasteiger partial charge on any atom is 0.262 e. The Balaban J connectivity index is 1.46. The van der Waals surface area contributed by atoms with Crippen molar-refractivity contribution in [2.75, 3.05) is 19.6 Å². The van der Waals surface area contributed by atoms with E-state index in [1.165, 1.54) is 11.3 Å². The van der Waals surface area contributed by atoms with Crippen LogP contribution in [0.4, 0.5) is 0 Å². The number of hydrogen-bond acceptors (Lipinski definition) is 4. The molecule has 2 fully saturated rings. The molecule has 2 aromatic rings. The van der Waals surface area contributed by atoms with Crippen molar-refractivity contribution in [3.8, 4) is 0 Å². The summed E-state index contributed by atoms with van der Waals surface area (Å²) in [7, 11) is 0. The van der Waals surface area contributed by atoms with Gasteiger partial charge in [0.25, 0.3) is 11.8 Å². The quantitative estimate of drug-likeness (QED) is 0.720. The predicted octanol–water partition coefficient (Wildman–Crippen LogP) is 4.11. The lowest BCUT2D eigenvalue weighted by Crippen LogP contribution is -2.57. The fraction of sp³-hybridized carbons (Fsp3) is 0.500. The van der Waals surface area contributed by atoms with E-state index < -0.39 is 6.04 Å². The third kappa shape index (κ3) is 5.46. The van der Waals surface area contributed by atoms with Crippen LogP contribution in [0.25, 0.3) is 0 Å². The highest BCUT2D eigenvalue weighted by Crippen LogP contribution is 2.26. The van der Waals surface area contributed by atoms with Gasteiger partial charge in [0.15, 0.2) is 0 Å². The Hall–Kier alpha value is -2.67. The zero-order valence-electron chi connectivity index (χ0n) is 19.5. The number of likely N-dealkylation sites (tertiary alicyclic amines) is 2. The molecule has 0 radical (unpaired) electrons. The number of nitrogens with zero attached hydrogens (tertiary/aromatic N) is 2. The van der Waals surface area contributed by atoms with E-state index in [1.54, 1.807) is 6.07 Å². The fourth-order valence-electron chi connectivity index (χ4n) is 4.92. The number of aryl methyl sites for hydroxylation is 1. The normalized spacial score (nSPS) is 20.4. The van der Waals surface area contributed by atoms with Gasteiger partial charge in [0.1, 0.15) is 6.04 Å². The fourth-order valence-corrected chi connectivity index (χ4v) is 5.55. The minimum Gasteiger partial charge on any atom is -0.339 e. The number of rotatable bonds is 5. The number of nitrogens with one attached hydrogen (secondary N) is 1. The minimum atomic E-state index is -0.559. The van der Waals surface area contributed by atoms with Gasteiger partial charge >= 0.3 is 0 Å². The van der Waals surface area contributed by atoms with Gasteiger partial charge in [-0.1, -0.05) is 23.8 Å². The number of carbonyl (C=O) groups excluding carboxylic acids is 3. The molecule has 2 aliphatic rings. The van der Waals surface area contributed by atoms with Crippen molar-refractivity contribution in [3.63, 3.8) is 0 Å². The van der Waals surface area contributed by atoms with Crippen molar-refractivity contribution >= 4 is 29.1 Å². The maximum atomic E-state index is 13.6. The molecule has 3 amide bonds. The van der Waals surface area contributed by atoms with E-state index in [1.807, 2.05) is 52.4 Å². The monoisotopic (exact) mass is 467 g/mol. The van der Waals surface area contributed by atoms with Crippen molar-refractivity contribution in [3.05, 3.63) is 57.8 Å². The first-order valence-electron chi connectivity index (χ1n) is 11.9. The molecule has 176 valence electrons. The standard InChI is InChI=1S/C26H33N3O3S/c1-18-8-10-21(11-9-18)25(31)28-15-12-20(13-16-28)23(27-24(30)22-7-5-17-33-22)26(32)29-14-4-3-6-19(29)2/h5,7-11,17,19-20,23H,3-4,6,12-16H2,1-2H3,(H,27,30)/t19-,23+/m0/s1. The lowest BCUT2D eigenvalue weighted by atomic mass is 9.87. The first-order chi connectivity index (χ1) is 15.9. The molecule has 1 aromatic heterocycles. The molecule has 2 atom stereocenters. The number of hydrogen-bond donors (Lipinski definition) is 1. The third-order valence-corrected chi connectivity index (χ3v) is 7.85. The molecule has 2 saturated heterocycles. The van der Waals surface area contributed by atoms with E-state index in [2.05, 4.69) is 12.2 Å². The minimum absolute atomic E-state index is 0.0117. The van der Waals surface area contributed by atoms with Crippen LogP contribution >= 0.6 is 11.3 Å². The number of benzene rings is 1. The van der Waals surface area contributed by atoms with Gasteiger partial charge in [-0.2, -0.15) is 0 Å². The molecule has 1 N–H and O–H groups in total. The van der Waals surface area contributed by atoms with Crippen LogP contribution in [0.15, 0.2) is 41.8 Å². The largest absolute Gasteiger partial charge is 0.339 e. The van der Waals surface area contributed by atoms with Crippen LogP contribution < -0.4 is 5.32 Å². The Labute approximate surface area is 200 Å². The number of amides is 3. The summed E-state index contributed by atoms with van der Waals surface area (Å²) in [5, 5.41) is 4.93. The van der Waals surface area contributed by atoms with Gasteiger partial charge in [-0.3, -0.25) is 14.4 Å². The molecule has 3 heterocycles. The molecule has 0 bridgehead atoms. The molecule has 33 heavy (non-hydrogen) atoms. The Bertz CT molecular complexity index is 965. The number of thiophene rings is 1.